The number of nitrogens with one attached hydrogen (secondary N) is 1. The second-order valence-corrected chi connectivity index (χ2v) is 7.16. The van der Waals surface area contributed by atoms with Gasteiger partial charge in [-0.05, 0) is 43.9 Å². The smallest absolute Gasteiger partial charge is 0.261 e. The summed E-state index contributed by atoms with van der Waals surface area (Å²) >= 11 is 6.51. The van der Waals surface area contributed by atoms with E-state index >= 15 is 0 Å². The van der Waals surface area contributed by atoms with Gasteiger partial charge in [0.05, 0.1) is 17.2 Å². The van der Waals surface area contributed by atoms with Crippen LogP contribution in [0.15, 0.2) is 30.3 Å². The van der Waals surface area contributed by atoms with Crippen molar-refractivity contribution >= 4 is 28.3 Å². The summed E-state index contributed by atoms with van der Waals surface area (Å²) in [5, 5.41) is 5.15. The molecule has 26 heavy (non-hydrogen) atoms. The Bertz CT molecular complexity index is 839. The van der Waals surface area contributed by atoms with E-state index in [4.69, 9.17) is 27.5 Å². The van der Waals surface area contributed by atoms with Gasteiger partial charge in [-0.15, -0.1) is 6.42 Å². The van der Waals surface area contributed by atoms with Crippen LogP contribution in [0.4, 0.5) is 0 Å². The maximum absolute atomic E-state index is 12.6. The quantitative estimate of drug-likeness (QED) is 0.741. The zero-order chi connectivity index (χ0) is 19.3. The summed E-state index contributed by atoms with van der Waals surface area (Å²) in [6, 6.07) is 9.29. The second kappa shape index (κ2) is 8.44. The fraction of sp³-hybridized carbons (Fsp3) is 0.381. The topological polar surface area (TPSA) is 47.6 Å². The van der Waals surface area contributed by atoms with Crippen molar-refractivity contribution in [2.75, 3.05) is 13.7 Å². The van der Waals surface area contributed by atoms with Gasteiger partial charge in [0, 0.05) is 18.1 Å². The number of fused-ring (bicyclic) bond motifs is 1. The van der Waals surface area contributed by atoms with Crippen molar-refractivity contribution in [1.82, 2.24) is 5.32 Å². The number of hydrogen-bond acceptors (Lipinski definition) is 3. The molecule has 0 radical (unpaired) electrons. The molecule has 0 aliphatic rings. The molecule has 2 aromatic rings. The summed E-state index contributed by atoms with van der Waals surface area (Å²) in [6.07, 6.45) is 5.32. The number of methoxy groups -OCH3 is 1. The zero-order valence-corrected chi connectivity index (χ0v) is 16.3. The maximum Gasteiger partial charge on any atom is 0.261 e. The molecule has 1 atom stereocenters. The van der Waals surface area contributed by atoms with Crippen molar-refractivity contribution in [2.24, 2.45) is 0 Å². The third kappa shape index (κ3) is 4.69. The highest BCUT2D eigenvalue weighted by Gasteiger charge is 2.26. The van der Waals surface area contributed by atoms with Crippen molar-refractivity contribution in [3.05, 3.63) is 40.9 Å². The molecule has 0 spiro atoms. The third-order valence-corrected chi connectivity index (χ3v) is 4.38. The lowest BCUT2D eigenvalue weighted by Gasteiger charge is -2.28. The van der Waals surface area contributed by atoms with Crippen LogP contribution in [0.2, 0.25) is 5.02 Å². The Hall–Kier alpha value is -2.22. The molecule has 4 nitrogen and oxygen atoms in total. The molecule has 2 aromatic carbocycles. The monoisotopic (exact) mass is 373 g/mol. The number of amides is 1. The van der Waals surface area contributed by atoms with E-state index < -0.39 is 11.6 Å². The molecule has 5 heteroatoms. The van der Waals surface area contributed by atoms with E-state index in [2.05, 4.69) is 11.2 Å². The minimum atomic E-state index is -0.656. The molecule has 0 saturated carbocycles. The lowest BCUT2D eigenvalue weighted by molar-refractivity contribution is -0.130. The zero-order valence-electron chi connectivity index (χ0n) is 15.6. The summed E-state index contributed by atoms with van der Waals surface area (Å²) in [7, 11) is 1.60. The molecule has 0 aliphatic heterocycles. The lowest BCUT2D eigenvalue weighted by Crippen LogP contribution is -2.51. The molecule has 1 amide bonds. The molecular formula is C21H24ClNO3. The molecule has 0 heterocycles. The maximum atomic E-state index is 12.6. The Morgan fingerprint density at radius 2 is 2.04 bits per heavy atom. The summed E-state index contributed by atoms with van der Waals surface area (Å²) in [5.41, 5.74) is 0.250. The normalized spacial score (nSPS) is 12.5. The van der Waals surface area contributed by atoms with E-state index in [1.54, 1.807) is 13.2 Å². The van der Waals surface area contributed by atoms with Crippen LogP contribution in [0, 0.1) is 12.3 Å². The van der Waals surface area contributed by atoms with Gasteiger partial charge in [-0.1, -0.05) is 36.6 Å². The first-order valence-corrected chi connectivity index (χ1v) is 8.85. The standard InChI is InChI=1S/C21H24ClNO3/c1-6-14-8-9-15-10-11-18(19(22)16(15)12-14)26-17(7-2)20(24)23-21(3,4)13-25-5/h1,8-12,17H,7,13H2,2-5H3,(H,23,24). The van der Waals surface area contributed by atoms with E-state index in [1.807, 2.05) is 45.0 Å². The summed E-state index contributed by atoms with van der Waals surface area (Å²) < 4.78 is 11.1. The van der Waals surface area contributed by atoms with Gasteiger partial charge in [-0.2, -0.15) is 0 Å². The van der Waals surface area contributed by atoms with E-state index in [9.17, 15) is 4.79 Å². The third-order valence-electron chi connectivity index (χ3n) is 3.99. The molecule has 1 N–H and O–H groups in total. The second-order valence-electron chi connectivity index (χ2n) is 6.78. The van der Waals surface area contributed by atoms with Crippen LogP contribution < -0.4 is 10.1 Å². The van der Waals surface area contributed by atoms with Crippen LogP contribution in [0.3, 0.4) is 0 Å². The number of hydrogen-bond donors (Lipinski definition) is 1. The van der Waals surface area contributed by atoms with Crippen LogP contribution in [-0.2, 0) is 9.53 Å². The first-order chi connectivity index (χ1) is 12.3. The van der Waals surface area contributed by atoms with Crippen molar-refractivity contribution < 1.29 is 14.3 Å². The fourth-order valence-electron chi connectivity index (χ4n) is 2.73. The Balaban J connectivity index is 2.26. The van der Waals surface area contributed by atoms with Crippen molar-refractivity contribution in [1.29, 1.82) is 0 Å². The molecule has 0 aliphatic carbocycles. The number of ether oxygens (including phenoxy) is 2. The molecule has 138 valence electrons. The molecule has 0 saturated heterocycles. The minimum absolute atomic E-state index is 0.205. The average molecular weight is 374 g/mol. The number of terminal acetylenes is 1. The van der Waals surface area contributed by atoms with Crippen molar-refractivity contribution in [3.63, 3.8) is 0 Å². The molecule has 0 bridgehead atoms. The van der Waals surface area contributed by atoms with Crippen LogP contribution in [0.5, 0.6) is 5.75 Å². The average Bonchev–Trinajstić information content (AvgIpc) is 2.60. The SMILES string of the molecule is C#Cc1ccc2ccc(OC(CC)C(=O)NC(C)(C)COC)c(Cl)c2c1. The van der Waals surface area contributed by atoms with E-state index in [-0.39, 0.29) is 5.91 Å². The van der Waals surface area contributed by atoms with E-state index in [0.29, 0.717) is 23.8 Å². The van der Waals surface area contributed by atoms with E-state index in [0.717, 1.165) is 16.3 Å². The lowest BCUT2D eigenvalue weighted by atomic mass is 10.1. The number of benzene rings is 2. The molecule has 2 rings (SSSR count). The Labute approximate surface area is 159 Å². The molecule has 0 aromatic heterocycles. The van der Waals surface area contributed by atoms with Crippen LogP contribution in [-0.4, -0.2) is 31.3 Å². The van der Waals surface area contributed by atoms with Gasteiger partial charge in [0.1, 0.15) is 5.75 Å². The Morgan fingerprint density at radius 1 is 1.35 bits per heavy atom. The number of rotatable bonds is 7. The first kappa shape index (κ1) is 20.1. The van der Waals surface area contributed by atoms with Gasteiger partial charge < -0.3 is 14.8 Å². The van der Waals surface area contributed by atoms with Crippen LogP contribution in [0.25, 0.3) is 10.8 Å². The van der Waals surface area contributed by atoms with E-state index in [1.165, 1.54) is 0 Å². The summed E-state index contributed by atoms with van der Waals surface area (Å²) in [5.74, 6) is 2.85. The van der Waals surface area contributed by atoms with Crippen LogP contribution in [0.1, 0.15) is 32.8 Å². The van der Waals surface area contributed by atoms with Gasteiger partial charge >= 0.3 is 0 Å². The van der Waals surface area contributed by atoms with Crippen molar-refractivity contribution in [2.45, 2.75) is 38.8 Å². The van der Waals surface area contributed by atoms with Gasteiger partial charge in [0.15, 0.2) is 6.10 Å². The molecule has 1 unspecified atom stereocenters. The summed E-state index contributed by atoms with van der Waals surface area (Å²) in [4.78, 5) is 12.6. The van der Waals surface area contributed by atoms with Gasteiger partial charge in [0.2, 0.25) is 0 Å². The largest absolute Gasteiger partial charge is 0.479 e. The number of carbonyl (C=O) groups excluding carboxylic acids is 1. The minimum Gasteiger partial charge on any atom is -0.479 e. The Kier molecular flexibility index (Phi) is 6.52. The highest BCUT2D eigenvalue weighted by Crippen LogP contribution is 2.34. The molecular weight excluding hydrogens is 350 g/mol. The number of halogens is 1. The number of carbonyl (C=O) groups is 1. The Morgan fingerprint density at radius 3 is 2.65 bits per heavy atom. The van der Waals surface area contributed by atoms with Gasteiger partial charge in [-0.3, -0.25) is 4.79 Å². The summed E-state index contributed by atoms with van der Waals surface area (Å²) in [6.45, 7) is 6.08. The fourth-order valence-corrected chi connectivity index (χ4v) is 3.00. The molecule has 0 fully saturated rings. The predicted molar refractivity (Wildman–Crippen MR) is 106 cm³/mol. The predicted octanol–water partition coefficient (Wildman–Crippen LogP) is 4.17. The highest BCUT2D eigenvalue weighted by atomic mass is 35.5. The highest BCUT2D eigenvalue weighted by molar-refractivity contribution is 6.37. The first-order valence-electron chi connectivity index (χ1n) is 8.47. The van der Waals surface area contributed by atoms with Gasteiger partial charge in [0.25, 0.3) is 5.91 Å². The van der Waals surface area contributed by atoms with Crippen molar-refractivity contribution in [3.8, 4) is 18.1 Å². The van der Waals surface area contributed by atoms with Gasteiger partial charge in [-0.25, -0.2) is 0 Å². The van der Waals surface area contributed by atoms with Crippen LogP contribution >= 0.6 is 11.6 Å².